The Morgan fingerprint density at radius 1 is 1.24 bits per heavy atom. The van der Waals surface area contributed by atoms with Crippen molar-refractivity contribution in [3.8, 4) is 0 Å². The highest BCUT2D eigenvalue weighted by atomic mass is 16.5. The molecule has 0 fully saturated rings. The molecular formula is C10H20N2O5. The fourth-order valence-electron chi connectivity index (χ4n) is 0.868. The number of hydrogen-bond donors (Lipinski definition) is 4. The molecule has 0 aromatic carbocycles. The number of aliphatic hydroxyl groups is 2. The molecule has 0 unspecified atom stereocenters. The lowest BCUT2D eigenvalue weighted by atomic mass is 10.2. The van der Waals surface area contributed by atoms with Crippen LogP contribution in [0.4, 0.5) is 4.79 Å². The summed E-state index contributed by atoms with van der Waals surface area (Å²) >= 11 is 0. The third kappa shape index (κ3) is 7.53. The van der Waals surface area contributed by atoms with Gasteiger partial charge in [-0.2, -0.15) is 0 Å². The summed E-state index contributed by atoms with van der Waals surface area (Å²) in [5.41, 5.74) is 0. The summed E-state index contributed by atoms with van der Waals surface area (Å²) in [4.78, 5) is 22.2. The molecule has 0 aromatic rings. The van der Waals surface area contributed by atoms with E-state index in [2.05, 4.69) is 10.6 Å². The molecule has 0 rings (SSSR count). The molecule has 0 saturated heterocycles. The highest BCUT2D eigenvalue weighted by Gasteiger charge is 2.10. The molecule has 7 heteroatoms. The van der Waals surface area contributed by atoms with Crippen LogP contribution in [0.3, 0.4) is 0 Å². The van der Waals surface area contributed by atoms with Gasteiger partial charge in [-0.05, 0) is 0 Å². The molecule has 0 aromatic heterocycles. The van der Waals surface area contributed by atoms with Gasteiger partial charge in [0.15, 0.2) is 0 Å². The first kappa shape index (κ1) is 15.7. The summed E-state index contributed by atoms with van der Waals surface area (Å²) in [5.74, 6) is -0.521. The maximum absolute atomic E-state index is 11.2. The summed E-state index contributed by atoms with van der Waals surface area (Å²) in [6, 6.07) is -1.22. The lowest BCUT2D eigenvalue weighted by Gasteiger charge is -2.14. The lowest BCUT2D eigenvalue weighted by Crippen LogP contribution is -2.46. The van der Waals surface area contributed by atoms with E-state index in [-0.39, 0.29) is 38.3 Å². The van der Waals surface area contributed by atoms with Crippen LogP contribution in [0.25, 0.3) is 0 Å². The fourth-order valence-corrected chi connectivity index (χ4v) is 0.868. The summed E-state index contributed by atoms with van der Waals surface area (Å²) in [6.07, 6.45) is 0. The minimum absolute atomic E-state index is 0.0906. The topological polar surface area (TPSA) is 108 Å². The second-order valence-corrected chi connectivity index (χ2v) is 3.78. The van der Waals surface area contributed by atoms with Gasteiger partial charge in [-0.3, -0.25) is 4.79 Å². The summed E-state index contributed by atoms with van der Waals surface area (Å²) in [7, 11) is 0. The van der Waals surface area contributed by atoms with Gasteiger partial charge in [0.05, 0.1) is 31.7 Å². The van der Waals surface area contributed by atoms with Gasteiger partial charge in [-0.1, -0.05) is 13.8 Å². The third-order valence-corrected chi connectivity index (χ3v) is 1.88. The number of urea groups is 1. The highest BCUT2D eigenvalue weighted by Crippen LogP contribution is 1.94. The second-order valence-electron chi connectivity index (χ2n) is 3.78. The van der Waals surface area contributed by atoms with Crippen LogP contribution in [0, 0.1) is 5.92 Å². The second kappa shape index (κ2) is 8.77. The van der Waals surface area contributed by atoms with E-state index in [0.29, 0.717) is 0 Å². The van der Waals surface area contributed by atoms with Gasteiger partial charge < -0.3 is 25.6 Å². The number of hydrogen-bond acceptors (Lipinski definition) is 5. The smallest absolute Gasteiger partial charge is 0.315 e. The maximum atomic E-state index is 11.2. The van der Waals surface area contributed by atoms with Crippen LogP contribution in [-0.2, 0) is 9.53 Å². The fraction of sp³-hybridized carbons (Fsp3) is 0.800. The summed E-state index contributed by atoms with van der Waals surface area (Å²) in [5, 5.41) is 22.2. The van der Waals surface area contributed by atoms with Gasteiger partial charge in [0.25, 0.3) is 0 Å². The van der Waals surface area contributed by atoms with Gasteiger partial charge in [-0.15, -0.1) is 0 Å². The molecule has 0 radical (unpaired) electrons. The normalized spacial score (nSPS) is 10.5. The Hall–Kier alpha value is -1.34. The average molecular weight is 248 g/mol. The van der Waals surface area contributed by atoms with E-state index < -0.39 is 12.1 Å². The largest absolute Gasteiger partial charge is 0.464 e. The summed E-state index contributed by atoms with van der Waals surface area (Å²) < 4.78 is 4.83. The Labute approximate surface area is 100 Å². The van der Waals surface area contributed by atoms with Gasteiger partial charge >= 0.3 is 12.0 Å². The van der Waals surface area contributed by atoms with E-state index >= 15 is 0 Å². The van der Waals surface area contributed by atoms with Gasteiger partial charge in [0.1, 0.15) is 6.61 Å². The van der Waals surface area contributed by atoms with Crippen LogP contribution in [0.2, 0.25) is 0 Å². The van der Waals surface area contributed by atoms with Gasteiger partial charge in [-0.25, -0.2) is 4.79 Å². The predicted octanol–water partition coefficient (Wildman–Crippen LogP) is -1.16. The molecule has 0 bridgehead atoms. The van der Waals surface area contributed by atoms with E-state index in [4.69, 9.17) is 14.9 Å². The first-order chi connectivity index (χ1) is 8.01. The minimum Gasteiger partial charge on any atom is -0.464 e. The van der Waals surface area contributed by atoms with Gasteiger partial charge in [0.2, 0.25) is 0 Å². The molecule has 0 aliphatic carbocycles. The van der Waals surface area contributed by atoms with E-state index in [1.54, 1.807) is 13.8 Å². The average Bonchev–Trinajstić information content (AvgIpc) is 2.31. The van der Waals surface area contributed by atoms with Crippen molar-refractivity contribution in [2.45, 2.75) is 19.9 Å². The Morgan fingerprint density at radius 3 is 2.29 bits per heavy atom. The zero-order valence-electron chi connectivity index (χ0n) is 10.1. The van der Waals surface area contributed by atoms with Crippen molar-refractivity contribution in [3.63, 3.8) is 0 Å². The van der Waals surface area contributed by atoms with Crippen LogP contribution >= 0.6 is 0 Å². The van der Waals surface area contributed by atoms with Gasteiger partial charge in [0, 0.05) is 0 Å². The SMILES string of the molecule is CC(C)C(=O)OCCNC(=O)NC(CO)CO. The molecular weight excluding hydrogens is 228 g/mol. The lowest BCUT2D eigenvalue weighted by molar-refractivity contribution is -0.147. The Morgan fingerprint density at radius 2 is 1.82 bits per heavy atom. The maximum Gasteiger partial charge on any atom is 0.315 e. The monoisotopic (exact) mass is 248 g/mol. The zero-order chi connectivity index (χ0) is 13.3. The highest BCUT2D eigenvalue weighted by molar-refractivity contribution is 5.74. The van der Waals surface area contributed by atoms with Crippen LogP contribution in [0.5, 0.6) is 0 Å². The molecule has 0 heterocycles. The first-order valence-corrected chi connectivity index (χ1v) is 5.44. The molecule has 0 spiro atoms. The van der Waals surface area contributed by atoms with E-state index in [9.17, 15) is 9.59 Å². The number of amides is 2. The van der Waals surface area contributed by atoms with Crippen LogP contribution in [-0.4, -0.2) is 54.6 Å². The molecule has 0 atom stereocenters. The number of carbonyl (C=O) groups excluding carboxylic acids is 2. The van der Waals surface area contributed by atoms with Crippen molar-refractivity contribution in [2.75, 3.05) is 26.4 Å². The molecule has 0 aliphatic rings. The van der Waals surface area contributed by atoms with Crippen LogP contribution in [0.1, 0.15) is 13.8 Å². The van der Waals surface area contributed by atoms with E-state index in [1.807, 2.05) is 0 Å². The van der Waals surface area contributed by atoms with Crippen molar-refractivity contribution in [3.05, 3.63) is 0 Å². The van der Waals surface area contributed by atoms with Crippen molar-refractivity contribution in [1.82, 2.24) is 10.6 Å². The molecule has 7 nitrogen and oxygen atoms in total. The Balaban J connectivity index is 3.61. The number of esters is 1. The predicted molar refractivity (Wildman–Crippen MR) is 60.3 cm³/mol. The number of ether oxygens (including phenoxy) is 1. The summed E-state index contributed by atoms with van der Waals surface area (Å²) in [6.45, 7) is 3.02. The molecule has 2 amide bonds. The van der Waals surface area contributed by atoms with E-state index in [1.165, 1.54) is 0 Å². The molecule has 100 valence electrons. The number of rotatable bonds is 7. The van der Waals surface area contributed by atoms with E-state index in [0.717, 1.165) is 0 Å². The Bertz CT molecular complexity index is 241. The third-order valence-electron chi connectivity index (χ3n) is 1.88. The van der Waals surface area contributed by atoms with Crippen molar-refractivity contribution >= 4 is 12.0 Å². The first-order valence-electron chi connectivity index (χ1n) is 5.44. The minimum atomic E-state index is -0.687. The van der Waals surface area contributed by atoms with Crippen molar-refractivity contribution in [1.29, 1.82) is 0 Å². The van der Waals surface area contributed by atoms with Crippen LogP contribution in [0.15, 0.2) is 0 Å². The molecule has 0 saturated carbocycles. The quantitative estimate of drug-likeness (QED) is 0.336. The van der Waals surface area contributed by atoms with Crippen molar-refractivity contribution in [2.24, 2.45) is 5.92 Å². The molecule has 0 aliphatic heterocycles. The zero-order valence-corrected chi connectivity index (χ0v) is 10.1. The Kier molecular flexibility index (Phi) is 8.08. The number of nitrogens with one attached hydrogen (secondary N) is 2. The molecule has 4 N–H and O–H groups in total. The van der Waals surface area contributed by atoms with Crippen LogP contribution < -0.4 is 10.6 Å². The number of carbonyl (C=O) groups is 2. The van der Waals surface area contributed by atoms with Crippen molar-refractivity contribution < 1.29 is 24.5 Å². The number of aliphatic hydroxyl groups excluding tert-OH is 2. The standard InChI is InChI=1S/C10H20N2O5/c1-7(2)9(15)17-4-3-11-10(16)12-8(5-13)6-14/h7-8,13-14H,3-6H2,1-2H3,(H2,11,12,16). The molecule has 17 heavy (non-hydrogen) atoms.